The summed E-state index contributed by atoms with van der Waals surface area (Å²) in [6, 6.07) is 0. The summed E-state index contributed by atoms with van der Waals surface area (Å²) in [7, 11) is 0. The van der Waals surface area contributed by atoms with Crippen molar-refractivity contribution in [1.29, 1.82) is 0 Å². The van der Waals surface area contributed by atoms with Crippen LogP contribution >= 0.6 is 0 Å². The molecule has 9 heteroatoms. The van der Waals surface area contributed by atoms with Crippen LogP contribution in [0.5, 0.6) is 0 Å². The van der Waals surface area contributed by atoms with Gasteiger partial charge < -0.3 is 14.6 Å². The highest BCUT2D eigenvalue weighted by molar-refractivity contribution is 5.80. The third kappa shape index (κ3) is 7.17. The zero-order chi connectivity index (χ0) is 38.9. The van der Waals surface area contributed by atoms with Crippen molar-refractivity contribution in [3.05, 3.63) is 12.2 Å². The molecule has 5 fully saturated rings. The summed E-state index contributed by atoms with van der Waals surface area (Å²) in [5.41, 5.74) is 5.13. The predicted octanol–water partition coefficient (Wildman–Crippen LogP) is 9.39. The Kier molecular flexibility index (Phi) is 10.6. The van der Waals surface area contributed by atoms with Gasteiger partial charge in [0.05, 0.1) is 12.8 Å². The van der Waals surface area contributed by atoms with Crippen LogP contribution in [-0.2, 0) is 23.9 Å². The van der Waals surface area contributed by atoms with Crippen LogP contribution in [0.25, 0.3) is 0 Å². The lowest BCUT2D eigenvalue weighted by Gasteiger charge is -2.73. The van der Waals surface area contributed by atoms with Gasteiger partial charge in [-0.1, -0.05) is 60.6 Å². The van der Waals surface area contributed by atoms with E-state index >= 15 is 0 Å². The smallest absolute Gasteiger partial charge is 0.426 e. The first-order valence-corrected chi connectivity index (χ1v) is 20.1. The van der Waals surface area contributed by atoms with Crippen LogP contribution in [0.15, 0.2) is 12.2 Å². The van der Waals surface area contributed by atoms with Gasteiger partial charge in [0.1, 0.15) is 11.7 Å². The zero-order valence-electron chi connectivity index (χ0n) is 34.3. The molecule has 10 atom stereocenters. The molecule has 0 aromatic carbocycles. The summed E-state index contributed by atoms with van der Waals surface area (Å²) < 4.78 is 11.6. The van der Waals surface area contributed by atoms with Gasteiger partial charge in [-0.05, 0) is 149 Å². The number of carbonyl (C=O) groups excluding carboxylic acids is 3. The number of carbonyl (C=O) groups is 4. The number of esters is 1. The SMILES string of the molecule is C=C(C)[C@@H]1CC[C@]2(CC(=O)NNC(=O)OC(C)(C)C)CC[C@]3(C)[C@H](CC[C@@H]4[C@@]5(C)CC[C@H](OC(=O)CC(C)(C)CC(=O)O)C(C)(C)[C@@H]5CC[C@]43C)[C@@H]12. The van der Waals surface area contributed by atoms with Crippen molar-refractivity contribution in [2.75, 3.05) is 0 Å². The van der Waals surface area contributed by atoms with Gasteiger partial charge in [0.2, 0.25) is 5.91 Å². The largest absolute Gasteiger partial charge is 0.481 e. The number of carboxylic acid groups (broad SMARTS) is 1. The molecule has 5 aliphatic rings. The van der Waals surface area contributed by atoms with E-state index in [4.69, 9.17) is 9.47 Å². The second kappa shape index (κ2) is 13.6. The number of nitrogens with one attached hydrogen (secondary N) is 2. The number of amides is 2. The first kappa shape index (κ1) is 40.6. The molecule has 0 bridgehead atoms. The standard InChI is InChI=1S/C43H70N2O7/c1-26(2)27-15-20-43(23-32(46)44-45-36(50)52-37(3,4)5)22-21-41(11)28(35(27)43)13-14-30-40(10)18-17-31(39(8,9)29(40)16-19-42(30,41)12)51-34(49)25-38(6,7)24-33(47)48/h27-31,35H,1,13-25H2,2-12H3,(H,44,46)(H,45,50)(H,47,48)/t27-,28+,29-,30+,31-,35+,40-,41+,42+,43+/m0/s1. The summed E-state index contributed by atoms with van der Waals surface area (Å²) in [5.74, 6) is 0.858. The topological polar surface area (TPSA) is 131 Å². The minimum atomic E-state index is -0.898. The van der Waals surface area contributed by atoms with E-state index in [-0.39, 0.29) is 57.9 Å². The highest BCUT2D eigenvalue weighted by Gasteiger charge is 2.71. The molecule has 0 unspecified atom stereocenters. The van der Waals surface area contributed by atoms with Crippen molar-refractivity contribution < 1.29 is 33.8 Å². The van der Waals surface area contributed by atoms with Crippen molar-refractivity contribution in [1.82, 2.24) is 10.9 Å². The summed E-state index contributed by atoms with van der Waals surface area (Å²) in [4.78, 5) is 50.5. The van der Waals surface area contributed by atoms with Crippen molar-refractivity contribution >= 4 is 23.9 Å². The van der Waals surface area contributed by atoms with Gasteiger partial charge >= 0.3 is 18.0 Å². The lowest BCUT2D eigenvalue weighted by molar-refractivity contribution is -0.250. The van der Waals surface area contributed by atoms with E-state index in [0.29, 0.717) is 36.0 Å². The Morgan fingerprint density at radius 1 is 0.788 bits per heavy atom. The van der Waals surface area contributed by atoms with Crippen molar-refractivity contribution in [3.8, 4) is 0 Å². The molecule has 0 spiro atoms. The number of hydrazine groups is 1. The van der Waals surface area contributed by atoms with Gasteiger partial charge in [-0.3, -0.25) is 19.8 Å². The third-order valence-corrected chi connectivity index (χ3v) is 15.9. The number of hydrogen-bond acceptors (Lipinski definition) is 6. The Morgan fingerprint density at radius 2 is 1.46 bits per heavy atom. The Balaban J connectivity index is 1.35. The second-order valence-electron chi connectivity index (χ2n) is 21.2. The number of ether oxygens (including phenoxy) is 2. The molecule has 5 rings (SSSR count). The third-order valence-electron chi connectivity index (χ3n) is 15.9. The van der Waals surface area contributed by atoms with Gasteiger partial charge in [0.15, 0.2) is 0 Å². The molecule has 5 saturated carbocycles. The Bertz CT molecular complexity index is 1450. The minimum absolute atomic E-state index is 0.0650. The predicted molar refractivity (Wildman–Crippen MR) is 202 cm³/mol. The van der Waals surface area contributed by atoms with E-state index in [1.807, 2.05) is 13.8 Å². The summed E-state index contributed by atoms with van der Waals surface area (Å²) in [6.45, 7) is 28.1. The number of rotatable bonds is 8. The van der Waals surface area contributed by atoms with Crippen LogP contribution < -0.4 is 10.9 Å². The Morgan fingerprint density at radius 3 is 2.08 bits per heavy atom. The van der Waals surface area contributed by atoms with E-state index in [1.165, 1.54) is 5.57 Å². The number of hydrogen-bond donors (Lipinski definition) is 3. The molecular weight excluding hydrogens is 656 g/mol. The fourth-order valence-electron chi connectivity index (χ4n) is 13.6. The number of aliphatic carboxylic acids is 1. The molecule has 52 heavy (non-hydrogen) atoms. The lowest BCUT2D eigenvalue weighted by Crippen LogP contribution is -2.67. The average molecular weight is 727 g/mol. The molecule has 294 valence electrons. The van der Waals surface area contributed by atoms with Crippen LogP contribution in [0.2, 0.25) is 0 Å². The average Bonchev–Trinajstić information content (AvgIpc) is 3.35. The highest BCUT2D eigenvalue weighted by atomic mass is 16.6. The van der Waals surface area contributed by atoms with E-state index < -0.39 is 23.1 Å². The molecule has 0 aromatic heterocycles. The van der Waals surface area contributed by atoms with Crippen LogP contribution in [0.3, 0.4) is 0 Å². The summed E-state index contributed by atoms with van der Waals surface area (Å²) >= 11 is 0. The summed E-state index contributed by atoms with van der Waals surface area (Å²) in [5, 5.41) is 9.34. The Labute approximate surface area is 313 Å². The molecule has 9 nitrogen and oxygen atoms in total. The fourth-order valence-corrected chi connectivity index (χ4v) is 13.6. The van der Waals surface area contributed by atoms with Gasteiger partial charge in [-0.25, -0.2) is 10.2 Å². The molecule has 0 radical (unpaired) electrons. The number of carboxylic acids is 1. The molecule has 0 aromatic rings. The summed E-state index contributed by atoms with van der Waals surface area (Å²) in [6.07, 6.45) is 10.1. The monoisotopic (exact) mass is 727 g/mol. The molecule has 5 aliphatic carbocycles. The fraction of sp³-hybridized carbons (Fsp3) is 0.860. The van der Waals surface area contributed by atoms with E-state index in [2.05, 4.69) is 59.0 Å². The van der Waals surface area contributed by atoms with Gasteiger partial charge in [0.25, 0.3) is 0 Å². The maximum absolute atomic E-state index is 13.5. The lowest BCUT2D eigenvalue weighted by atomic mass is 9.32. The maximum atomic E-state index is 13.5. The maximum Gasteiger partial charge on any atom is 0.426 e. The van der Waals surface area contributed by atoms with Crippen LogP contribution in [0.4, 0.5) is 4.79 Å². The van der Waals surface area contributed by atoms with Crippen LogP contribution in [0.1, 0.15) is 160 Å². The quantitative estimate of drug-likeness (QED) is 0.129. The van der Waals surface area contributed by atoms with Gasteiger partial charge in [-0.15, -0.1) is 0 Å². The van der Waals surface area contributed by atoms with Gasteiger partial charge in [0, 0.05) is 11.8 Å². The van der Waals surface area contributed by atoms with Crippen molar-refractivity contribution in [2.24, 2.45) is 62.1 Å². The number of fused-ring (bicyclic) bond motifs is 7. The Hall–Kier alpha value is -2.58. The minimum Gasteiger partial charge on any atom is -0.481 e. The van der Waals surface area contributed by atoms with Crippen molar-refractivity contribution in [3.63, 3.8) is 0 Å². The van der Waals surface area contributed by atoms with Crippen LogP contribution in [0, 0.1) is 62.1 Å². The second-order valence-corrected chi connectivity index (χ2v) is 21.2. The molecule has 0 saturated heterocycles. The van der Waals surface area contributed by atoms with E-state index in [9.17, 15) is 24.3 Å². The van der Waals surface area contributed by atoms with Gasteiger partial charge in [-0.2, -0.15) is 0 Å². The molecule has 2 amide bonds. The molecular formula is C43H70N2O7. The zero-order valence-corrected chi connectivity index (χ0v) is 34.3. The molecule has 0 aliphatic heterocycles. The number of allylic oxidation sites excluding steroid dienone is 1. The first-order valence-electron chi connectivity index (χ1n) is 20.1. The van der Waals surface area contributed by atoms with E-state index in [1.54, 1.807) is 20.8 Å². The molecule has 3 N–H and O–H groups in total. The normalized spacial score (nSPS) is 39.4. The van der Waals surface area contributed by atoms with E-state index in [0.717, 1.165) is 64.2 Å². The highest BCUT2D eigenvalue weighted by Crippen LogP contribution is 2.78. The first-order chi connectivity index (χ1) is 23.8. The van der Waals surface area contributed by atoms with Crippen molar-refractivity contribution in [2.45, 2.75) is 171 Å². The molecule has 0 heterocycles. The van der Waals surface area contributed by atoms with Crippen LogP contribution in [-0.4, -0.2) is 40.8 Å².